The summed E-state index contributed by atoms with van der Waals surface area (Å²) in [5, 5.41) is 11.5. The Labute approximate surface area is 107 Å². The first-order valence-corrected chi connectivity index (χ1v) is 5.53. The minimum atomic E-state index is -1.15. The molecule has 2 aromatic rings. The molecule has 0 radical (unpaired) electrons. The maximum atomic E-state index is 13.3. The van der Waals surface area contributed by atoms with E-state index in [0.717, 1.165) is 18.2 Å². The van der Waals surface area contributed by atoms with E-state index in [9.17, 15) is 13.6 Å². The van der Waals surface area contributed by atoms with Gasteiger partial charge >= 0.3 is 5.97 Å². The minimum Gasteiger partial charge on any atom is -0.475 e. The third kappa shape index (κ3) is 3.38. The molecule has 1 aromatic carbocycles. The van der Waals surface area contributed by atoms with Crippen LogP contribution in [0.4, 0.5) is 8.78 Å². The van der Waals surface area contributed by atoms with Crippen LogP contribution in [0.2, 0.25) is 0 Å². The standard InChI is InChI=1S/C13H11F2NO3/c14-9-1-3-11(15)8(5-9)6-16-7-10-2-4-12(19-10)13(17)18/h1-5,16H,6-7H2,(H,17,18). The molecule has 0 saturated carbocycles. The smallest absolute Gasteiger partial charge is 0.371 e. The van der Waals surface area contributed by atoms with Crippen LogP contribution in [0.1, 0.15) is 21.9 Å². The van der Waals surface area contributed by atoms with Crippen molar-refractivity contribution in [3.05, 3.63) is 59.1 Å². The molecule has 0 aliphatic heterocycles. The van der Waals surface area contributed by atoms with Gasteiger partial charge in [-0.25, -0.2) is 13.6 Å². The monoisotopic (exact) mass is 267 g/mol. The number of benzene rings is 1. The zero-order chi connectivity index (χ0) is 13.8. The van der Waals surface area contributed by atoms with Crippen molar-refractivity contribution in [3.63, 3.8) is 0 Å². The second-order valence-electron chi connectivity index (χ2n) is 3.91. The van der Waals surface area contributed by atoms with Crippen molar-refractivity contribution in [3.8, 4) is 0 Å². The number of nitrogens with one attached hydrogen (secondary N) is 1. The molecule has 0 unspecified atom stereocenters. The van der Waals surface area contributed by atoms with Gasteiger partial charge in [0.1, 0.15) is 17.4 Å². The van der Waals surface area contributed by atoms with E-state index < -0.39 is 17.6 Å². The molecule has 0 spiro atoms. The Morgan fingerprint density at radius 2 is 2.00 bits per heavy atom. The molecule has 2 rings (SSSR count). The lowest BCUT2D eigenvalue weighted by atomic mass is 10.2. The van der Waals surface area contributed by atoms with Crippen LogP contribution in [-0.2, 0) is 13.1 Å². The molecule has 1 heterocycles. The average Bonchev–Trinajstić information content (AvgIpc) is 2.82. The summed E-state index contributed by atoms with van der Waals surface area (Å²) in [7, 11) is 0. The Hall–Kier alpha value is -2.21. The van der Waals surface area contributed by atoms with E-state index >= 15 is 0 Å². The first-order chi connectivity index (χ1) is 9.06. The van der Waals surface area contributed by atoms with E-state index in [4.69, 9.17) is 9.52 Å². The van der Waals surface area contributed by atoms with Crippen LogP contribution in [0.15, 0.2) is 34.7 Å². The fourth-order valence-electron chi connectivity index (χ4n) is 1.59. The highest BCUT2D eigenvalue weighted by molar-refractivity contribution is 5.84. The first-order valence-electron chi connectivity index (χ1n) is 5.53. The van der Waals surface area contributed by atoms with Gasteiger partial charge in [0.2, 0.25) is 5.76 Å². The average molecular weight is 267 g/mol. The maximum absolute atomic E-state index is 13.3. The van der Waals surface area contributed by atoms with E-state index in [-0.39, 0.29) is 24.4 Å². The summed E-state index contributed by atoms with van der Waals surface area (Å²) >= 11 is 0. The normalized spacial score (nSPS) is 10.6. The van der Waals surface area contributed by atoms with Crippen molar-refractivity contribution >= 4 is 5.97 Å². The lowest BCUT2D eigenvalue weighted by Gasteiger charge is -2.04. The van der Waals surface area contributed by atoms with E-state index in [1.165, 1.54) is 12.1 Å². The predicted molar refractivity (Wildman–Crippen MR) is 62.6 cm³/mol. The molecule has 0 fully saturated rings. The summed E-state index contributed by atoms with van der Waals surface area (Å²) in [5.74, 6) is -1.91. The Bertz CT molecular complexity index is 595. The molecule has 2 N–H and O–H groups in total. The number of aromatic carboxylic acids is 1. The zero-order valence-corrected chi connectivity index (χ0v) is 9.82. The second-order valence-corrected chi connectivity index (χ2v) is 3.91. The van der Waals surface area contributed by atoms with Gasteiger partial charge in [0, 0.05) is 12.1 Å². The topological polar surface area (TPSA) is 62.5 Å². The van der Waals surface area contributed by atoms with Gasteiger partial charge in [0.05, 0.1) is 6.54 Å². The van der Waals surface area contributed by atoms with E-state index in [2.05, 4.69) is 5.32 Å². The SMILES string of the molecule is O=C(O)c1ccc(CNCc2cc(F)ccc2F)o1. The highest BCUT2D eigenvalue weighted by atomic mass is 19.1. The van der Waals surface area contributed by atoms with Crippen LogP contribution < -0.4 is 5.32 Å². The summed E-state index contributed by atoms with van der Waals surface area (Å²) in [6, 6.07) is 6.06. The van der Waals surface area contributed by atoms with E-state index in [1.54, 1.807) is 0 Å². The Morgan fingerprint density at radius 1 is 1.21 bits per heavy atom. The van der Waals surface area contributed by atoms with Crippen molar-refractivity contribution < 1.29 is 23.1 Å². The summed E-state index contributed by atoms with van der Waals surface area (Å²) in [5.41, 5.74) is 0.199. The third-order valence-electron chi connectivity index (χ3n) is 2.49. The predicted octanol–water partition coefficient (Wildman–Crippen LogP) is 2.55. The van der Waals surface area contributed by atoms with Gasteiger partial charge in [-0.1, -0.05) is 0 Å². The molecule has 0 atom stereocenters. The Balaban J connectivity index is 1.92. The molecule has 0 aliphatic carbocycles. The second kappa shape index (κ2) is 5.62. The molecule has 100 valence electrons. The molecule has 6 heteroatoms. The minimum absolute atomic E-state index is 0.118. The molecule has 0 aliphatic rings. The number of furan rings is 1. The highest BCUT2D eigenvalue weighted by Crippen LogP contribution is 2.11. The quantitative estimate of drug-likeness (QED) is 0.873. The fourth-order valence-corrected chi connectivity index (χ4v) is 1.59. The van der Waals surface area contributed by atoms with Crippen LogP contribution in [0.5, 0.6) is 0 Å². The van der Waals surface area contributed by atoms with Gasteiger partial charge in [-0.2, -0.15) is 0 Å². The van der Waals surface area contributed by atoms with Crippen LogP contribution in [-0.4, -0.2) is 11.1 Å². The van der Waals surface area contributed by atoms with Gasteiger partial charge in [-0.05, 0) is 30.3 Å². The molecule has 4 nitrogen and oxygen atoms in total. The first kappa shape index (κ1) is 13.2. The summed E-state index contributed by atoms with van der Waals surface area (Å²) in [6.45, 7) is 0.343. The van der Waals surface area contributed by atoms with Gasteiger partial charge in [0.25, 0.3) is 0 Å². The fraction of sp³-hybridized carbons (Fsp3) is 0.154. The van der Waals surface area contributed by atoms with Gasteiger partial charge in [-0.3, -0.25) is 0 Å². The summed E-state index contributed by atoms with van der Waals surface area (Å²) < 4.78 is 31.2. The number of hydrogen-bond donors (Lipinski definition) is 2. The Kier molecular flexibility index (Phi) is 3.91. The lowest BCUT2D eigenvalue weighted by molar-refractivity contribution is 0.0660. The van der Waals surface area contributed by atoms with Crippen molar-refractivity contribution in [2.45, 2.75) is 13.1 Å². The molecule has 0 saturated heterocycles. The lowest BCUT2D eigenvalue weighted by Crippen LogP contribution is -2.13. The van der Waals surface area contributed by atoms with Crippen molar-refractivity contribution in [2.24, 2.45) is 0 Å². The van der Waals surface area contributed by atoms with Gasteiger partial charge in [0.15, 0.2) is 0 Å². The summed E-state index contributed by atoms with van der Waals surface area (Å²) in [6.07, 6.45) is 0. The van der Waals surface area contributed by atoms with Crippen molar-refractivity contribution in [1.29, 1.82) is 0 Å². The number of carbonyl (C=O) groups is 1. The van der Waals surface area contributed by atoms with Crippen molar-refractivity contribution in [2.75, 3.05) is 0 Å². The van der Waals surface area contributed by atoms with E-state index in [1.807, 2.05) is 0 Å². The van der Waals surface area contributed by atoms with Gasteiger partial charge in [-0.15, -0.1) is 0 Å². The molecule has 0 bridgehead atoms. The number of rotatable bonds is 5. The maximum Gasteiger partial charge on any atom is 0.371 e. The Morgan fingerprint density at radius 3 is 2.68 bits per heavy atom. The van der Waals surface area contributed by atoms with Crippen molar-refractivity contribution in [1.82, 2.24) is 5.32 Å². The van der Waals surface area contributed by atoms with Crippen LogP contribution >= 0.6 is 0 Å². The third-order valence-corrected chi connectivity index (χ3v) is 2.49. The zero-order valence-electron chi connectivity index (χ0n) is 9.82. The number of carboxylic acids is 1. The number of halogens is 2. The van der Waals surface area contributed by atoms with Crippen LogP contribution in [0.25, 0.3) is 0 Å². The van der Waals surface area contributed by atoms with Crippen LogP contribution in [0.3, 0.4) is 0 Å². The van der Waals surface area contributed by atoms with E-state index in [0.29, 0.717) is 5.76 Å². The number of carboxylic acid groups (broad SMARTS) is 1. The molecule has 19 heavy (non-hydrogen) atoms. The van der Waals surface area contributed by atoms with Gasteiger partial charge < -0.3 is 14.8 Å². The molecule has 0 amide bonds. The molecule has 1 aromatic heterocycles. The van der Waals surface area contributed by atoms with Crippen LogP contribution in [0, 0.1) is 11.6 Å². The largest absolute Gasteiger partial charge is 0.475 e. The number of hydrogen-bond acceptors (Lipinski definition) is 3. The summed E-state index contributed by atoms with van der Waals surface area (Å²) in [4.78, 5) is 10.6. The highest BCUT2D eigenvalue weighted by Gasteiger charge is 2.09. The molecular formula is C13H11F2NO3. The molecular weight excluding hydrogens is 256 g/mol.